The Bertz CT molecular complexity index is 2830. The highest BCUT2D eigenvalue weighted by Crippen LogP contribution is 2.37. The molecular formula is C50H58BClN10O4. The van der Waals surface area contributed by atoms with Gasteiger partial charge in [0.1, 0.15) is 24.9 Å². The molecular weight excluding hydrogens is 851 g/mol. The first-order valence-electron chi connectivity index (χ1n) is 21.3. The summed E-state index contributed by atoms with van der Waals surface area (Å²) in [6.07, 6.45) is 8.92. The van der Waals surface area contributed by atoms with Crippen molar-refractivity contribution in [2.45, 2.75) is 107 Å². The van der Waals surface area contributed by atoms with E-state index in [4.69, 9.17) is 30.4 Å². The van der Waals surface area contributed by atoms with Gasteiger partial charge in [0.15, 0.2) is 11.6 Å². The molecule has 1 fully saturated rings. The molecule has 0 bridgehead atoms. The molecule has 2 N–H and O–H groups in total. The highest BCUT2D eigenvalue weighted by atomic mass is 35.5. The van der Waals surface area contributed by atoms with Crippen LogP contribution in [0.2, 0.25) is 5.02 Å². The van der Waals surface area contributed by atoms with Gasteiger partial charge in [-0.25, -0.2) is 0 Å². The maximum absolute atomic E-state index is 6.51. The fraction of sp³-hybridized carbons (Fsp3) is 0.320. The van der Waals surface area contributed by atoms with E-state index in [0.29, 0.717) is 26.4 Å². The van der Waals surface area contributed by atoms with Gasteiger partial charge in [-0.2, -0.15) is 10.2 Å². The van der Waals surface area contributed by atoms with Crippen LogP contribution in [0.5, 0.6) is 0 Å². The number of hydrogen-bond donors (Lipinski definition) is 2. The summed E-state index contributed by atoms with van der Waals surface area (Å²) in [6, 6.07) is 29.1. The SMILES string of the molecule is C.C.CC1(C)OB(c2cn[nH]c2)OC1(C)C.Cc1nnc2n1-c1ccc(-c3cn[nH]c3)c(Cc3ccccc3)c1COC2.Cc1nnc2n1-c1ccc(Cl)c(Cc3ccccc3)c1COC2. The Morgan fingerprint density at radius 3 is 1.62 bits per heavy atom. The van der Waals surface area contributed by atoms with Gasteiger partial charge in [-0.1, -0.05) is 93.2 Å². The molecule has 11 rings (SSSR count). The molecule has 0 unspecified atom stereocenters. The average Bonchev–Trinajstić information content (AvgIpc) is 4.13. The van der Waals surface area contributed by atoms with E-state index in [1.165, 1.54) is 27.8 Å². The molecule has 7 heterocycles. The molecule has 3 aliphatic rings. The number of H-pyrrole nitrogens is 2. The minimum absolute atomic E-state index is 0. The van der Waals surface area contributed by atoms with E-state index in [2.05, 4.69) is 98.5 Å². The predicted molar refractivity (Wildman–Crippen MR) is 258 cm³/mol. The number of nitrogens with zero attached hydrogens (tertiary/aromatic N) is 8. The Hall–Kier alpha value is -6.23. The van der Waals surface area contributed by atoms with Gasteiger partial charge in [0.05, 0.1) is 42.0 Å². The Morgan fingerprint density at radius 2 is 1.11 bits per heavy atom. The van der Waals surface area contributed by atoms with Gasteiger partial charge < -0.3 is 18.8 Å². The summed E-state index contributed by atoms with van der Waals surface area (Å²) < 4.78 is 27.6. The third-order valence-corrected chi connectivity index (χ3v) is 12.6. The van der Waals surface area contributed by atoms with E-state index in [0.717, 1.165) is 74.7 Å². The molecule has 0 atom stereocenters. The lowest BCUT2D eigenvalue weighted by Gasteiger charge is -2.32. The molecule has 14 nitrogen and oxygen atoms in total. The fourth-order valence-electron chi connectivity index (χ4n) is 8.22. The Balaban J connectivity index is 0.000000152. The smallest absolute Gasteiger partial charge is 0.399 e. The van der Waals surface area contributed by atoms with Gasteiger partial charge in [0.2, 0.25) is 0 Å². The number of fused-ring (bicyclic) bond motifs is 6. The molecule has 0 radical (unpaired) electrons. The molecule has 0 aliphatic carbocycles. The molecule has 342 valence electrons. The normalized spacial score (nSPS) is 15.1. The van der Waals surface area contributed by atoms with Crippen molar-refractivity contribution in [3.8, 4) is 22.5 Å². The number of halogens is 1. The number of aromatic amines is 2. The summed E-state index contributed by atoms with van der Waals surface area (Å²) in [5, 5.41) is 31.4. The fourth-order valence-corrected chi connectivity index (χ4v) is 8.46. The maximum Gasteiger partial charge on any atom is 0.498 e. The van der Waals surface area contributed by atoms with Crippen molar-refractivity contribution in [1.82, 2.24) is 49.9 Å². The first-order chi connectivity index (χ1) is 31.0. The summed E-state index contributed by atoms with van der Waals surface area (Å²) in [7, 11) is -0.307. The lowest BCUT2D eigenvalue weighted by Crippen LogP contribution is -2.41. The van der Waals surface area contributed by atoms with Gasteiger partial charge in [-0.3, -0.25) is 19.3 Å². The summed E-state index contributed by atoms with van der Waals surface area (Å²) in [6.45, 7) is 14.1. The minimum atomic E-state index is -0.307. The van der Waals surface area contributed by atoms with Crippen LogP contribution in [0.3, 0.4) is 0 Å². The van der Waals surface area contributed by atoms with Crippen molar-refractivity contribution in [2.75, 3.05) is 0 Å². The number of aromatic nitrogens is 10. The molecule has 8 aromatic rings. The topological polar surface area (TPSA) is 156 Å². The third kappa shape index (κ3) is 9.67. The van der Waals surface area contributed by atoms with Crippen molar-refractivity contribution in [3.63, 3.8) is 0 Å². The highest BCUT2D eigenvalue weighted by Gasteiger charge is 2.52. The molecule has 3 aliphatic heterocycles. The Morgan fingerprint density at radius 1 is 0.606 bits per heavy atom. The summed E-state index contributed by atoms with van der Waals surface area (Å²) in [5.74, 6) is 3.40. The second-order valence-electron chi connectivity index (χ2n) is 17.0. The van der Waals surface area contributed by atoms with Crippen LogP contribution in [0, 0.1) is 13.8 Å². The van der Waals surface area contributed by atoms with E-state index in [9.17, 15) is 0 Å². The molecule has 66 heavy (non-hydrogen) atoms. The largest absolute Gasteiger partial charge is 0.498 e. The van der Waals surface area contributed by atoms with Crippen LogP contribution < -0.4 is 5.46 Å². The Kier molecular flexibility index (Phi) is 14.5. The molecule has 4 aromatic heterocycles. The maximum atomic E-state index is 6.51. The zero-order valence-electron chi connectivity index (χ0n) is 36.8. The number of ether oxygens (including phenoxy) is 2. The van der Waals surface area contributed by atoms with Crippen molar-refractivity contribution in [3.05, 3.63) is 171 Å². The van der Waals surface area contributed by atoms with Crippen molar-refractivity contribution >= 4 is 24.2 Å². The molecule has 0 spiro atoms. The second kappa shape index (κ2) is 20.1. The van der Waals surface area contributed by atoms with Gasteiger partial charge in [0.25, 0.3) is 0 Å². The summed E-state index contributed by atoms with van der Waals surface area (Å²) >= 11 is 6.51. The number of aryl methyl sites for hydroxylation is 2. The number of benzene rings is 4. The van der Waals surface area contributed by atoms with Crippen LogP contribution in [0.1, 0.15) is 99.2 Å². The van der Waals surface area contributed by atoms with Gasteiger partial charge in [-0.05, 0) is 100 Å². The molecule has 16 heteroatoms. The minimum Gasteiger partial charge on any atom is -0.399 e. The van der Waals surface area contributed by atoms with Crippen LogP contribution in [0.4, 0.5) is 0 Å². The van der Waals surface area contributed by atoms with Gasteiger partial charge in [-0.15, -0.1) is 20.4 Å². The summed E-state index contributed by atoms with van der Waals surface area (Å²) in [4.78, 5) is 0. The number of hydrogen-bond acceptors (Lipinski definition) is 10. The zero-order valence-corrected chi connectivity index (χ0v) is 37.6. The number of nitrogens with one attached hydrogen (secondary N) is 2. The summed E-state index contributed by atoms with van der Waals surface area (Å²) in [5.41, 5.74) is 11.9. The zero-order chi connectivity index (χ0) is 44.4. The molecule has 0 saturated carbocycles. The van der Waals surface area contributed by atoms with E-state index < -0.39 is 0 Å². The van der Waals surface area contributed by atoms with Gasteiger partial charge in [0, 0.05) is 45.8 Å². The van der Waals surface area contributed by atoms with Crippen LogP contribution in [0.15, 0.2) is 110 Å². The van der Waals surface area contributed by atoms with Crippen LogP contribution in [-0.4, -0.2) is 68.2 Å². The molecule has 4 aromatic carbocycles. The van der Waals surface area contributed by atoms with Gasteiger partial charge >= 0.3 is 7.12 Å². The lowest BCUT2D eigenvalue weighted by atomic mass is 9.82. The van der Waals surface area contributed by atoms with E-state index >= 15 is 0 Å². The molecule has 0 amide bonds. The van der Waals surface area contributed by atoms with Crippen molar-refractivity contribution in [2.24, 2.45) is 0 Å². The predicted octanol–water partition coefficient (Wildman–Crippen LogP) is 9.42. The number of rotatable bonds is 6. The monoisotopic (exact) mass is 908 g/mol. The average molecular weight is 909 g/mol. The quantitative estimate of drug-likeness (QED) is 0.154. The highest BCUT2D eigenvalue weighted by molar-refractivity contribution is 6.61. The van der Waals surface area contributed by atoms with E-state index in [1.54, 1.807) is 12.4 Å². The lowest BCUT2D eigenvalue weighted by molar-refractivity contribution is 0.00578. The van der Waals surface area contributed by atoms with Crippen LogP contribution in [0.25, 0.3) is 22.5 Å². The van der Waals surface area contributed by atoms with E-state index in [-0.39, 0.29) is 33.2 Å². The van der Waals surface area contributed by atoms with Crippen LogP contribution in [-0.2, 0) is 58.1 Å². The standard InChI is InChI=1S/C21H19N5O.C18H16ClN3O.C9H15BN2O2.2CH4/c1-14-24-25-21-13-27-12-19-18(9-15-5-3-2-4-6-15)17(16-10-22-23-11-16)7-8-20(19)26(14)21;1-12-20-21-18-11-23-10-15-14(9-13-5-3-2-4-6-13)16(19)7-8-17(15)22(12)18;1-8(2)9(3,4)14-10(13-8)7-5-11-12-6-7;;/h2-8,10-11H,9,12-13H2,1H3,(H,22,23);2-8H,9-11H2,1H3;5-6H,1-4H3,(H,11,12);2*1H4. The van der Waals surface area contributed by atoms with Crippen molar-refractivity contribution in [1.29, 1.82) is 0 Å². The third-order valence-electron chi connectivity index (χ3n) is 12.3. The Labute approximate surface area is 392 Å². The first kappa shape index (κ1) is 47.7. The van der Waals surface area contributed by atoms with Crippen molar-refractivity contribution < 1.29 is 18.8 Å². The second-order valence-corrected chi connectivity index (χ2v) is 17.4. The van der Waals surface area contributed by atoms with Crippen LogP contribution >= 0.6 is 11.6 Å². The molecule has 1 saturated heterocycles. The van der Waals surface area contributed by atoms with E-state index in [1.807, 2.05) is 90.3 Å². The first-order valence-corrected chi connectivity index (χ1v) is 21.7.